The summed E-state index contributed by atoms with van der Waals surface area (Å²) >= 11 is 3.44. The summed E-state index contributed by atoms with van der Waals surface area (Å²) in [4.78, 5) is 15.1. The maximum Gasteiger partial charge on any atom is 0.371 e. The maximum absolute atomic E-state index is 10.8. The van der Waals surface area contributed by atoms with Gasteiger partial charge in [-0.25, -0.2) is 4.79 Å². The zero-order chi connectivity index (χ0) is 15.0. The van der Waals surface area contributed by atoms with Gasteiger partial charge < -0.3 is 14.6 Å². The van der Waals surface area contributed by atoms with Crippen molar-refractivity contribution in [3.8, 4) is 0 Å². The van der Waals surface area contributed by atoms with E-state index in [-0.39, 0.29) is 11.5 Å². The molecular formula is C15H10BrNO4. The van der Waals surface area contributed by atoms with Gasteiger partial charge in [-0.2, -0.15) is 0 Å². The van der Waals surface area contributed by atoms with Crippen molar-refractivity contribution in [2.75, 3.05) is 0 Å². The number of pyridine rings is 1. The van der Waals surface area contributed by atoms with E-state index in [4.69, 9.17) is 9.52 Å². The first kappa shape index (κ1) is 13.8. The zero-order valence-electron chi connectivity index (χ0n) is 10.7. The number of benzene rings is 1. The van der Waals surface area contributed by atoms with Crippen LogP contribution in [0.1, 0.15) is 28.0 Å². The van der Waals surface area contributed by atoms with Crippen LogP contribution in [-0.4, -0.2) is 21.2 Å². The van der Waals surface area contributed by atoms with Gasteiger partial charge in [0.2, 0.25) is 5.76 Å². The number of furan rings is 1. The van der Waals surface area contributed by atoms with Crippen molar-refractivity contribution >= 4 is 32.8 Å². The molecule has 2 heterocycles. The number of aromatic carboxylic acids is 1. The molecule has 3 aromatic rings. The van der Waals surface area contributed by atoms with E-state index in [0.29, 0.717) is 11.1 Å². The van der Waals surface area contributed by atoms with Crippen LogP contribution in [-0.2, 0) is 0 Å². The van der Waals surface area contributed by atoms with Crippen molar-refractivity contribution in [2.45, 2.75) is 6.10 Å². The molecule has 0 aliphatic heterocycles. The molecule has 5 nitrogen and oxygen atoms in total. The van der Waals surface area contributed by atoms with E-state index < -0.39 is 12.1 Å². The quantitative estimate of drug-likeness (QED) is 0.758. The van der Waals surface area contributed by atoms with Gasteiger partial charge in [-0.1, -0.05) is 28.1 Å². The van der Waals surface area contributed by atoms with E-state index in [2.05, 4.69) is 20.9 Å². The van der Waals surface area contributed by atoms with Crippen molar-refractivity contribution in [3.63, 3.8) is 0 Å². The minimum atomic E-state index is -1.17. The van der Waals surface area contributed by atoms with Crippen LogP contribution in [0.5, 0.6) is 0 Å². The fourth-order valence-electron chi connectivity index (χ4n) is 2.15. The van der Waals surface area contributed by atoms with Gasteiger partial charge in [-0.15, -0.1) is 0 Å². The fourth-order valence-corrected chi connectivity index (χ4v) is 2.60. The molecule has 0 aliphatic carbocycles. The lowest BCUT2D eigenvalue weighted by Gasteiger charge is -2.11. The van der Waals surface area contributed by atoms with E-state index in [1.165, 1.54) is 12.1 Å². The number of fused-ring (bicyclic) bond motifs is 1. The molecule has 0 saturated carbocycles. The van der Waals surface area contributed by atoms with Crippen LogP contribution in [0.4, 0.5) is 0 Å². The Morgan fingerprint density at radius 1 is 1.24 bits per heavy atom. The average molecular weight is 348 g/mol. The third kappa shape index (κ3) is 2.43. The second-order valence-corrected chi connectivity index (χ2v) is 5.30. The molecule has 2 N–H and O–H groups in total. The Morgan fingerprint density at radius 3 is 2.76 bits per heavy atom. The van der Waals surface area contributed by atoms with Crippen LogP contribution in [0, 0.1) is 0 Å². The standard InChI is InChI=1S/C15H10BrNO4/c16-10-4-3-9(13-8(10)2-1-7-17-13)14(18)11-5-6-12(21-11)15(19)20/h1-7,14,18H,(H,19,20). The molecule has 0 aliphatic rings. The van der Waals surface area contributed by atoms with Crippen molar-refractivity contribution in [1.82, 2.24) is 4.98 Å². The second kappa shape index (κ2) is 5.31. The third-order valence-corrected chi connectivity index (χ3v) is 3.84. The van der Waals surface area contributed by atoms with Crippen LogP contribution < -0.4 is 0 Å². The SMILES string of the molecule is O=C(O)c1ccc(C(O)c2ccc(Br)c3cccnc23)o1. The highest BCUT2D eigenvalue weighted by molar-refractivity contribution is 9.10. The molecule has 6 heteroatoms. The normalized spacial score (nSPS) is 12.5. The molecule has 0 amide bonds. The lowest BCUT2D eigenvalue weighted by Crippen LogP contribution is -2.01. The van der Waals surface area contributed by atoms with Crippen LogP contribution >= 0.6 is 15.9 Å². The Morgan fingerprint density at radius 2 is 2.05 bits per heavy atom. The van der Waals surface area contributed by atoms with Crippen LogP contribution in [0.2, 0.25) is 0 Å². The van der Waals surface area contributed by atoms with Gasteiger partial charge in [0.1, 0.15) is 11.9 Å². The first-order valence-corrected chi connectivity index (χ1v) is 6.91. The molecule has 1 atom stereocenters. The smallest absolute Gasteiger partial charge is 0.371 e. The molecule has 0 radical (unpaired) electrons. The Balaban J connectivity index is 2.11. The molecule has 1 aromatic carbocycles. The van der Waals surface area contributed by atoms with Crippen molar-refractivity contribution in [3.05, 3.63) is 64.2 Å². The van der Waals surface area contributed by atoms with Gasteiger partial charge in [-0.05, 0) is 24.3 Å². The van der Waals surface area contributed by atoms with E-state index in [9.17, 15) is 9.90 Å². The van der Waals surface area contributed by atoms with Crippen molar-refractivity contribution in [1.29, 1.82) is 0 Å². The molecule has 0 fully saturated rings. The summed E-state index contributed by atoms with van der Waals surface area (Å²) in [6.45, 7) is 0. The molecular weight excluding hydrogens is 338 g/mol. The molecule has 1 unspecified atom stereocenters. The summed E-state index contributed by atoms with van der Waals surface area (Å²) in [6, 6.07) is 9.99. The largest absolute Gasteiger partial charge is 0.475 e. The third-order valence-electron chi connectivity index (χ3n) is 3.15. The minimum absolute atomic E-state index is 0.168. The highest BCUT2D eigenvalue weighted by atomic mass is 79.9. The van der Waals surface area contributed by atoms with E-state index in [0.717, 1.165) is 9.86 Å². The van der Waals surface area contributed by atoms with E-state index >= 15 is 0 Å². The molecule has 0 bridgehead atoms. The Labute approximate surface area is 128 Å². The Hall–Kier alpha value is -2.18. The molecule has 21 heavy (non-hydrogen) atoms. The number of rotatable bonds is 3. The van der Waals surface area contributed by atoms with Gasteiger partial charge in [0.05, 0.1) is 5.52 Å². The number of hydrogen-bond acceptors (Lipinski definition) is 4. The summed E-state index contributed by atoms with van der Waals surface area (Å²) in [5.74, 6) is -1.22. The van der Waals surface area contributed by atoms with Crippen LogP contribution in [0.3, 0.4) is 0 Å². The molecule has 106 valence electrons. The number of halogens is 1. The number of carboxylic acid groups (broad SMARTS) is 1. The summed E-state index contributed by atoms with van der Waals surface area (Å²) < 4.78 is 6.02. The topological polar surface area (TPSA) is 83.6 Å². The summed E-state index contributed by atoms with van der Waals surface area (Å²) in [5, 5.41) is 20.2. The van der Waals surface area contributed by atoms with Gasteiger partial charge in [0, 0.05) is 21.6 Å². The highest BCUT2D eigenvalue weighted by Crippen LogP contribution is 2.32. The summed E-state index contributed by atoms with van der Waals surface area (Å²) in [5.41, 5.74) is 1.19. The van der Waals surface area contributed by atoms with Gasteiger partial charge in [0.25, 0.3) is 0 Å². The second-order valence-electron chi connectivity index (χ2n) is 4.45. The first-order valence-electron chi connectivity index (χ1n) is 6.12. The Kier molecular flexibility index (Phi) is 3.48. The van der Waals surface area contributed by atoms with E-state index in [1.54, 1.807) is 18.3 Å². The number of carboxylic acids is 1. The average Bonchev–Trinajstić information content (AvgIpc) is 2.97. The summed E-state index contributed by atoms with van der Waals surface area (Å²) in [6.07, 6.45) is 0.555. The predicted molar refractivity (Wildman–Crippen MR) is 79.2 cm³/mol. The number of carbonyl (C=O) groups is 1. The number of aliphatic hydroxyl groups is 1. The number of hydrogen-bond donors (Lipinski definition) is 2. The fraction of sp³-hybridized carbons (Fsp3) is 0.0667. The highest BCUT2D eigenvalue weighted by Gasteiger charge is 2.20. The minimum Gasteiger partial charge on any atom is -0.475 e. The lowest BCUT2D eigenvalue weighted by atomic mass is 10.0. The van der Waals surface area contributed by atoms with E-state index in [1.807, 2.05) is 12.1 Å². The van der Waals surface area contributed by atoms with Gasteiger partial charge in [-0.3, -0.25) is 4.98 Å². The predicted octanol–water partition coefficient (Wildman–Crippen LogP) is 3.37. The zero-order valence-corrected chi connectivity index (χ0v) is 12.2. The van der Waals surface area contributed by atoms with Crippen LogP contribution in [0.25, 0.3) is 10.9 Å². The van der Waals surface area contributed by atoms with Gasteiger partial charge >= 0.3 is 5.97 Å². The summed E-state index contributed by atoms with van der Waals surface area (Å²) in [7, 11) is 0. The molecule has 2 aromatic heterocycles. The first-order chi connectivity index (χ1) is 10.1. The number of aliphatic hydroxyl groups excluding tert-OH is 1. The molecule has 3 rings (SSSR count). The lowest BCUT2D eigenvalue weighted by molar-refractivity contribution is 0.0655. The Bertz CT molecular complexity index is 827. The van der Waals surface area contributed by atoms with Crippen LogP contribution in [0.15, 0.2) is 51.5 Å². The maximum atomic E-state index is 10.8. The molecule has 0 spiro atoms. The van der Waals surface area contributed by atoms with Crippen molar-refractivity contribution in [2.24, 2.45) is 0 Å². The monoisotopic (exact) mass is 347 g/mol. The molecule has 0 saturated heterocycles. The van der Waals surface area contributed by atoms with Gasteiger partial charge in [0.15, 0.2) is 0 Å². The number of nitrogens with zero attached hydrogens (tertiary/aromatic N) is 1. The number of aromatic nitrogens is 1. The van der Waals surface area contributed by atoms with Crippen molar-refractivity contribution < 1.29 is 19.4 Å².